The molecule has 0 bridgehead atoms. The first-order valence-electron chi connectivity index (χ1n) is 8.28. The molecular formula is C16H28BIN2S. The molecule has 0 N–H and O–H groups in total. The lowest BCUT2D eigenvalue weighted by Crippen LogP contribution is -2.26. The van der Waals surface area contributed by atoms with E-state index >= 15 is 0 Å². The molecule has 0 saturated carbocycles. The SMILES string of the molecule is BC1(I)CCCCCc2c(n(C(C)C)c(=S)n2C(C)C)C1. The first kappa shape index (κ1) is 17.6. The summed E-state index contributed by atoms with van der Waals surface area (Å²) in [5.74, 6) is 0. The highest BCUT2D eigenvalue weighted by atomic mass is 127. The molecule has 1 aromatic heterocycles. The molecule has 0 amide bonds. The van der Waals surface area contributed by atoms with Crippen LogP contribution in [0.4, 0.5) is 0 Å². The number of aromatic nitrogens is 2. The van der Waals surface area contributed by atoms with Crippen molar-refractivity contribution in [1.29, 1.82) is 0 Å². The molecule has 1 aliphatic rings. The number of alkyl halides is 1. The number of imidazole rings is 1. The van der Waals surface area contributed by atoms with E-state index in [1.165, 1.54) is 43.5 Å². The summed E-state index contributed by atoms with van der Waals surface area (Å²) in [7, 11) is 2.41. The van der Waals surface area contributed by atoms with Gasteiger partial charge in [0, 0.05) is 23.5 Å². The maximum absolute atomic E-state index is 5.83. The van der Waals surface area contributed by atoms with Crippen LogP contribution in [0, 0.1) is 4.77 Å². The molecule has 1 aromatic rings. The molecule has 0 radical (unpaired) electrons. The van der Waals surface area contributed by atoms with Crippen LogP contribution in [0.25, 0.3) is 0 Å². The van der Waals surface area contributed by atoms with Gasteiger partial charge in [-0.05, 0) is 68.9 Å². The summed E-state index contributed by atoms with van der Waals surface area (Å²) in [6.45, 7) is 9.04. The highest BCUT2D eigenvalue weighted by molar-refractivity contribution is 14.1. The minimum absolute atomic E-state index is 0.346. The van der Waals surface area contributed by atoms with Gasteiger partial charge in [-0.3, -0.25) is 0 Å². The summed E-state index contributed by atoms with van der Waals surface area (Å²) in [4.78, 5) is 0. The van der Waals surface area contributed by atoms with Gasteiger partial charge >= 0.3 is 0 Å². The van der Waals surface area contributed by atoms with Crippen molar-refractivity contribution < 1.29 is 0 Å². The smallest absolute Gasteiger partial charge is 0.180 e. The van der Waals surface area contributed by atoms with Crippen LogP contribution in [0.5, 0.6) is 0 Å². The monoisotopic (exact) mass is 418 g/mol. The Morgan fingerprint density at radius 1 is 1.05 bits per heavy atom. The van der Waals surface area contributed by atoms with Crippen LogP contribution in [0.3, 0.4) is 0 Å². The Morgan fingerprint density at radius 2 is 1.62 bits per heavy atom. The van der Waals surface area contributed by atoms with E-state index in [0.29, 0.717) is 15.4 Å². The Bertz CT molecular complexity index is 557. The van der Waals surface area contributed by atoms with Crippen LogP contribution >= 0.6 is 34.8 Å². The van der Waals surface area contributed by atoms with E-state index in [9.17, 15) is 0 Å². The quantitative estimate of drug-likeness (QED) is 0.295. The molecule has 1 heterocycles. The number of halogens is 1. The molecule has 0 fully saturated rings. The largest absolute Gasteiger partial charge is 0.318 e. The third-order valence-corrected chi connectivity index (χ3v) is 5.82. The molecule has 0 aromatic carbocycles. The van der Waals surface area contributed by atoms with Crippen LogP contribution in [0.1, 0.15) is 76.8 Å². The van der Waals surface area contributed by atoms with E-state index in [1.807, 2.05) is 0 Å². The predicted molar refractivity (Wildman–Crippen MR) is 105 cm³/mol. The van der Waals surface area contributed by atoms with Crippen LogP contribution in [-0.2, 0) is 12.8 Å². The summed E-state index contributed by atoms with van der Waals surface area (Å²) in [5.41, 5.74) is 3.01. The number of hydrogen-bond acceptors (Lipinski definition) is 1. The second-order valence-electron chi connectivity index (χ2n) is 7.25. The summed E-state index contributed by atoms with van der Waals surface area (Å²) in [6, 6.07) is 0.895. The minimum atomic E-state index is 0.346. The normalized spacial score (nSPS) is 23.8. The maximum atomic E-state index is 5.83. The standard InChI is InChI=1S/C16H28BIN2S/c1-11(2)19-13-8-6-5-7-9-16(17,18)10-14(13)20(12(3)4)15(19)21/h11-12H,5-10,17H2,1-4H3. The number of rotatable bonds is 2. The Kier molecular flexibility index (Phi) is 5.67. The lowest BCUT2D eigenvalue weighted by molar-refractivity contribution is 0.516. The van der Waals surface area contributed by atoms with Crippen LogP contribution in [0.2, 0.25) is 0 Å². The van der Waals surface area contributed by atoms with Crippen LogP contribution < -0.4 is 0 Å². The average molecular weight is 418 g/mol. The highest BCUT2D eigenvalue weighted by Crippen LogP contribution is 2.34. The molecule has 2 rings (SSSR count). The summed E-state index contributed by atoms with van der Waals surface area (Å²) < 4.78 is 6.21. The first-order chi connectivity index (χ1) is 9.74. The highest BCUT2D eigenvalue weighted by Gasteiger charge is 2.29. The molecule has 21 heavy (non-hydrogen) atoms. The predicted octanol–water partition coefficient (Wildman–Crippen LogP) is 4.60. The summed E-state index contributed by atoms with van der Waals surface area (Å²) in [6.07, 6.45) is 7.63. The van der Waals surface area contributed by atoms with Crippen molar-refractivity contribution in [2.24, 2.45) is 0 Å². The number of nitrogens with zero attached hydrogens (tertiary/aromatic N) is 2. The topological polar surface area (TPSA) is 9.86 Å². The van der Waals surface area contributed by atoms with Crippen molar-refractivity contribution in [3.05, 3.63) is 16.2 Å². The van der Waals surface area contributed by atoms with Crippen molar-refractivity contribution >= 4 is 42.7 Å². The van der Waals surface area contributed by atoms with E-state index < -0.39 is 0 Å². The fraction of sp³-hybridized carbons (Fsp3) is 0.812. The molecule has 118 valence electrons. The second kappa shape index (κ2) is 6.77. The zero-order valence-electron chi connectivity index (χ0n) is 14.1. The molecule has 0 aliphatic heterocycles. The summed E-state index contributed by atoms with van der Waals surface area (Å²) >= 11 is 8.50. The molecule has 5 heteroatoms. The molecule has 0 saturated heterocycles. The van der Waals surface area contributed by atoms with E-state index in [-0.39, 0.29) is 0 Å². The van der Waals surface area contributed by atoms with Gasteiger partial charge in [0.15, 0.2) is 4.77 Å². The fourth-order valence-corrected chi connectivity index (χ4v) is 4.93. The van der Waals surface area contributed by atoms with E-state index in [2.05, 4.69) is 67.3 Å². The van der Waals surface area contributed by atoms with E-state index in [4.69, 9.17) is 12.2 Å². The van der Waals surface area contributed by atoms with Crippen molar-refractivity contribution in [3.8, 4) is 0 Å². The van der Waals surface area contributed by atoms with Gasteiger partial charge in [0.2, 0.25) is 0 Å². The molecular weight excluding hydrogens is 390 g/mol. The number of hydrogen-bond donors (Lipinski definition) is 0. The van der Waals surface area contributed by atoms with E-state index in [0.717, 1.165) is 11.2 Å². The van der Waals surface area contributed by atoms with Crippen molar-refractivity contribution in [1.82, 2.24) is 9.13 Å². The summed E-state index contributed by atoms with van der Waals surface area (Å²) in [5, 5.41) is 0. The molecule has 1 aliphatic carbocycles. The average Bonchev–Trinajstić information content (AvgIpc) is 2.62. The van der Waals surface area contributed by atoms with E-state index in [1.54, 1.807) is 0 Å². The van der Waals surface area contributed by atoms with Gasteiger partial charge < -0.3 is 9.13 Å². The Balaban J connectivity index is 2.65. The minimum Gasteiger partial charge on any atom is -0.318 e. The lowest BCUT2D eigenvalue weighted by Gasteiger charge is -2.24. The van der Waals surface area contributed by atoms with Gasteiger partial charge in [-0.2, -0.15) is 0 Å². The molecule has 1 unspecified atom stereocenters. The van der Waals surface area contributed by atoms with Gasteiger partial charge in [-0.25, -0.2) is 0 Å². The van der Waals surface area contributed by atoms with Crippen molar-refractivity contribution in [2.75, 3.05) is 0 Å². The molecule has 1 atom stereocenters. The Hall–Kier alpha value is 0.225. The van der Waals surface area contributed by atoms with Gasteiger partial charge in [0.25, 0.3) is 0 Å². The zero-order chi connectivity index (χ0) is 15.8. The maximum Gasteiger partial charge on any atom is 0.180 e. The number of fused-ring (bicyclic) bond motifs is 1. The first-order valence-corrected chi connectivity index (χ1v) is 9.76. The van der Waals surface area contributed by atoms with Gasteiger partial charge in [-0.15, -0.1) is 0 Å². The fourth-order valence-electron chi connectivity index (χ4n) is 3.54. The Morgan fingerprint density at radius 3 is 2.19 bits per heavy atom. The third-order valence-electron chi connectivity index (χ3n) is 4.51. The van der Waals surface area contributed by atoms with Gasteiger partial charge in [0.1, 0.15) is 7.85 Å². The molecule has 2 nitrogen and oxygen atoms in total. The van der Waals surface area contributed by atoms with Crippen LogP contribution in [-0.4, -0.2) is 20.3 Å². The van der Waals surface area contributed by atoms with Gasteiger partial charge in [-0.1, -0.05) is 35.4 Å². The van der Waals surface area contributed by atoms with Crippen molar-refractivity contribution in [3.63, 3.8) is 0 Å². The zero-order valence-corrected chi connectivity index (χ0v) is 17.1. The third kappa shape index (κ3) is 3.77. The lowest BCUT2D eigenvalue weighted by atomic mass is 9.79. The Labute approximate surface area is 149 Å². The second-order valence-corrected chi connectivity index (χ2v) is 10.2. The van der Waals surface area contributed by atoms with Gasteiger partial charge in [0.05, 0.1) is 0 Å². The van der Waals surface area contributed by atoms with Crippen LogP contribution in [0.15, 0.2) is 0 Å². The van der Waals surface area contributed by atoms with Crippen molar-refractivity contribution in [2.45, 2.75) is 81.6 Å². The molecule has 0 spiro atoms.